The Morgan fingerprint density at radius 2 is 1.63 bits per heavy atom. The highest BCUT2D eigenvalue weighted by Crippen LogP contribution is 2.29. The highest BCUT2D eigenvalue weighted by Gasteiger charge is 2.15. The largest absolute Gasteiger partial charge is 0.350 e. The summed E-state index contributed by atoms with van der Waals surface area (Å²) >= 11 is 6.16. The molecular formula is C21H24ClN5. The number of hydrogen-bond donors (Lipinski definition) is 2. The second-order valence-electron chi connectivity index (χ2n) is 7.59. The van der Waals surface area contributed by atoms with E-state index in [0.29, 0.717) is 11.8 Å². The van der Waals surface area contributed by atoms with Gasteiger partial charge in [-0.2, -0.15) is 4.98 Å². The van der Waals surface area contributed by atoms with Crippen molar-refractivity contribution in [2.24, 2.45) is 0 Å². The maximum atomic E-state index is 6.16. The molecule has 0 aliphatic carbocycles. The number of aryl methyl sites for hydroxylation is 2. The molecule has 3 rings (SSSR count). The smallest absolute Gasteiger partial charge is 0.225 e. The first-order valence-electron chi connectivity index (χ1n) is 8.84. The van der Waals surface area contributed by atoms with Crippen LogP contribution in [0.1, 0.15) is 31.9 Å². The molecule has 3 aromatic rings. The molecule has 6 heteroatoms. The van der Waals surface area contributed by atoms with Crippen molar-refractivity contribution in [2.45, 2.75) is 40.2 Å². The van der Waals surface area contributed by atoms with Crippen LogP contribution in [0.4, 0.5) is 17.5 Å². The molecular weight excluding hydrogens is 358 g/mol. The molecule has 140 valence electrons. The van der Waals surface area contributed by atoms with Crippen LogP contribution in [0.25, 0.3) is 11.4 Å². The third-order valence-electron chi connectivity index (χ3n) is 3.89. The first-order chi connectivity index (χ1) is 12.7. The molecule has 0 amide bonds. The lowest BCUT2D eigenvalue weighted by Crippen LogP contribution is -2.27. The van der Waals surface area contributed by atoms with Gasteiger partial charge in [0.15, 0.2) is 0 Å². The molecule has 0 saturated carbocycles. The lowest BCUT2D eigenvalue weighted by molar-refractivity contribution is 0.626. The van der Waals surface area contributed by atoms with Crippen LogP contribution in [0, 0.1) is 13.8 Å². The zero-order chi connectivity index (χ0) is 19.6. The van der Waals surface area contributed by atoms with Gasteiger partial charge in [-0.3, -0.25) is 4.98 Å². The Kier molecular flexibility index (Phi) is 5.33. The molecule has 0 radical (unpaired) electrons. The third kappa shape index (κ3) is 4.95. The predicted octanol–water partition coefficient (Wildman–Crippen LogP) is 5.76. The number of pyridine rings is 1. The Hall–Kier alpha value is -2.66. The molecule has 0 atom stereocenters. The highest BCUT2D eigenvalue weighted by atomic mass is 35.5. The van der Waals surface area contributed by atoms with E-state index in [1.54, 1.807) is 6.20 Å². The van der Waals surface area contributed by atoms with E-state index < -0.39 is 0 Å². The molecule has 2 heterocycles. The van der Waals surface area contributed by atoms with Gasteiger partial charge < -0.3 is 10.6 Å². The van der Waals surface area contributed by atoms with Crippen molar-refractivity contribution < 1.29 is 0 Å². The van der Waals surface area contributed by atoms with Crippen molar-refractivity contribution in [3.8, 4) is 11.4 Å². The molecule has 0 saturated heterocycles. The number of anilines is 3. The third-order valence-corrected chi connectivity index (χ3v) is 4.11. The maximum Gasteiger partial charge on any atom is 0.225 e. The number of aromatic nitrogens is 3. The van der Waals surface area contributed by atoms with Gasteiger partial charge in [0.25, 0.3) is 0 Å². The highest BCUT2D eigenvalue weighted by molar-refractivity contribution is 6.30. The van der Waals surface area contributed by atoms with E-state index in [-0.39, 0.29) is 5.54 Å². The standard InChI is InChI=1S/C21H24ClN5/c1-13-10-15(22)11-14(2)19(13)25-18-12-17(16-8-6-7-9-23-16)24-20(26-18)27-21(3,4)5/h6-12H,1-5H3,(H2,24,25,26,27). The second kappa shape index (κ2) is 7.53. The fourth-order valence-electron chi connectivity index (χ4n) is 2.78. The summed E-state index contributed by atoms with van der Waals surface area (Å²) in [5.41, 5.74) is 4.50. The van der Waals surface area contributed by atoms with Gasteiger partial charge in [-0.15, -0.1) is 0 Å². The SMILES string of the molecule is Cc1cc(Cl)cc(C)c1Nc1cc(-c2ccccn2)nc(NC(C)(C)C)n1. The molecule has 2 aromatic heterocycles. The molecule has 0 fully saturated rings. The fraction of sp³-hybridized carbons (Fsp3) is 0.286. The van der Waals surface area contributed by atoms with Crippen LogP contribution < -0.4 is 10.6 Å². The van der Waals surface area contributed by atoms with Gasteiger partial charge in [0, 0.05) is 28.5 Å². The van der Waals surface area contributed by atoms with Gasteiger partial charge in [0.2, 0.25) is 5.95 Å². The summed E-state index contributed by atoms with van der Waals surface area (Å²) in [6.07, 6.45) is 1.76. The normalized spacial score (nSPS) is 11.3. The summed E-state index contributed by atoms with van der Waals surface area (Å²) < 4.78 is 0. The van der Waals surface area contributed by atoms with Gasteiger partial charge in [-0.1, -0.05) is 17.7 Å². The zero-order valence-corrected chi connectivity index (χ0v) is 17.0. The molecule has 0 aliphatic rings. The van der Waals surface area contributed by atoms with Crippen LogP contribution in [0.2, 0.25) is 5.02 Å². The Bertz CT molecular complexity index is 926. The van der Waals surface area contributed by atoms with Gasteiger partial charge in [0.1, 0.15) is 5.82 Å². The van der Waals surface area contributed by atoms with Crippen LogP contribution in [-0.4, -0.2) is 20.5 Å². The predicted molar refractivity (Wildman–Crippen MR) is 113 cm³/mol. The Morgan fingerprint density at radius 1 is 0.926 bits per heavy atom. The van der Waals surface area contributed by atoms with E-state index in [9.17, 15) is 0 Å². The molecule has 1 aromatic carbocycles. The molecule has 2 N–H and O–H groups in total. The van der Waals surface area contributed by atoms with Crippen LogP contribution >= 0.6 is 11.6 Å². The van der Waals surface area contributed by atoms with E-state index in [0.717, 1.165) is 33.2 Å². The van der Waals surface area contributed by atoms with Crippen molar-refractivity contribution in [1.29, 1.82) is 0 Å². The van der Waals surface area contributed by atoms with Gasteiger partial charge in [-0.05, 0) is 70.0 Å². The Labute approximate surface area is 165 Å². The van der Waals surface area contributed by atoms with E-state index in [1.165, 1.54) is 0 Å². The van der Waals surface area contributed by atoms with E-state index in [1.807, 2.05) is 50.2 Å². The second-order valence-corrected chi connectivity index (χ2v) is 8.03. The van der Waals surface area contributed by atoms with Gasteiger partial charge in [0.05, 0.1) is 11.4 Å². The van der Waals surface area contributed by atoms with Crippen LogP contribution in [0.3, 0.4) is 0 Å². The van der Waals surface area contributed by atoms with Crippen molar-refractivity contribution >= 4 is 29.1 Å². The first kappa shape index (κ1) is 19.1. The molecule has 0 unspecified atom stereocenters. The van der Waals surface area contributed by atoms with Gasteiger partial charge >= 0.3 is 0 Å². The molecule has 0 aliphatic heterocycles. The summed E-state index contributed by atoms with van der Waals surface area (Å²) in [7, 11) is 0. The number of halogens is 1. The van der Waals surface area contributed by atoms with Gasteiger partial charge in [-0.25, -0.2) is 4.98 Å². The average Bonchev–Trinajstić information content (AvgIpc) is 2.57. The molecule has 27 heavy (non-hydrogen) atoms. The fourth-order valence-corrected chi connectivity index (χ4v) is 3.11. The average molecular weight is 382 g/mol. The van der Waals surface area contributed by atoms with Crippen molar-refractivity contribution in [1.82, 2.24) is 15.0 Å². The molecule has 0 spiro atoms. The van der Waals surface area contributed by atoms with Crippen LogP contribution in [0.5, 0.6) is 0 Å². The Morgan fingerprint density at radius 3 is 2.22 bits per heavy atom. The minimum absolute atomic E-state index is 0.161. The summed E-state index contributed by atoms with van der Waals surface area (Å²) in [6, 6.07) is 11.5. The van der Waals surface area contributed by atoms with Crippen LogP contribution in [0.15, 0.2) is 42.6 Å². The number of nitrogens with one attached hydrogen (secondary N) is 2. The number of nitrogens with zero attached hydrogens (tertiary/aromatic N) is 3. The van der Waals surface area contributed by atoms with Crippen LogP contribution in [-0.2, 0) is 0 Å². The van der Waals surface area contributed by atoms with E-state index in [4.69, 9.17) is 11.6 Å². The van der Waals surface area contributed by atoms with Crippen molar-refractivity contribution in [2.75, 3.05) is 10.6 Å². The molecule has 0 bridgehead atoms. The lowest BCUT2D eigenvalue weighted by Gasteiger charge is -2.21. The van der Waals surface area contributed by atoms with E-state index in [2.05, 4.69) is 46.4 Å². The molecule has 5 nitrogen and oxygen atoms in total. The topological polar surface area (TPSA) is 62.7 Å². The summed E-state index contributed by atoms with van der Waals surface area (Å²) in [6.45, 7) is 10.3. The monoisotopic (exact) mass is 381 g/mol. The summed E-state index contributed by atoms with van der Waals surface area (Å²) in [5.74, 6) is 1.25. The quantitative estimate of drug-likeness (QED) is 0.601. The Balaban J connectivity index is 2.05. The lowest BCUT2D eigenvalue weighted by atomic mass is 10.1. The summed E-state index contributed by atoms with van der Waals surface area (Å²) in [4.78, 5) is 13.7. The van der Waals surface area contributed by atoms with Crippen molar-refractivity contribution in [3.63, 3.8) is 0 Å². The zero-order valence-electron chi connectivity index (χ0n) is 16.3. The minimum Gasteiger partial charge on any atom is -0.350 e. The number of hydrogen-bond acceptors (Lipinski definition) is 5. The number of rotatable bonds is 4. The number of benzene rings is 1. The van der Waals surface area contributed by atoms with Crippen molar-refractivity contribution in [3.05, 3.63) is 58.7 Å². The summed E-state index contributed by atoms with van der Waals surface area (Å²) in [5, 5.41) is 7.50. The maximum absolute atomic E-state index is 6.16. The van der Waals surface area contributed by atoms with E-state index >= 15 is 0 Å². The first-order valence-corrected chi connectivity index (χ1v) is 9.21. The minimum atomic E-state index is -0.161.